The molecule has 0 unspecified atom stereocenters. The van der Waals surface area contributed by atoms with Gasteiger partial charge in [0.15, 0.2) is 17.4 Å². The topological polar surface area (TPSA) is 106 Å². The molecule has 2 aromatic carbocycles. The van der Waals surface area contributed by atoms with Crippen molar-refractivity contribution in [1.82, 2.24) is 15.1 Å². The van der Waals surface area contributed by atoms with E-state index in [1.807, 2.05) is 0 Å². The number of nitrogens with zero attached hydrogens (tertiary/aromatic N) is 2. The fourth-order valence-electron chi connectivity index (χ4n) is 2.95. The van der Waals surface area contributed by atoms with Crippen molar-refractivity contribution in [2.24, 2.45) is 0 Å². The zero-order valence-electron chi connectivity index (χ0n) is 18.7. The number of carbonyl (C=O) groups is 2. The molecule has 0 aliphatic rings. The average molecular weight is 456 g/mol. The van der Waals surface area contributed by atoms with Gasteiger partial charge in [0, 0.05) is 50.7 Å². The molecule has 10 heteroatoms. The van der Waals surface area contributed by atoms with Gasteiger partial charge in [-0.05, 0) is 37.3 Å². The number of nitrogens with one attached hydrogen (secondary N) is 2. The molecule has 33 heavy (non-hydrogen) atoms. The number of hydrogen-bond acceptors (Lipinski definition) is 6. The Hall–Kier alpha value is -3.92. The van der Waals surface area contributed by atoms with E-state index >= 15 is 0 Å². The van der Waals surface area contributed by atoms with Gasteiger partial charge in [-0.1, -0.05) is 0 Å². The molecular weight excluding hydrogens is 431 g/mol. The number of H-pyrrole nitrogens is 1. The Labute approximate surface area is 190 Å². The maximum atomic E-state index is 14.6. The van der Waals surface area contributed by atoms with E-state index < -0.39 is 11.7 Å². The Kier molecular flexibility index (Phi) is 7.62. The molecule has 3 rings (SSSR count). The number of carbonyl (C=O) groups excluding carboxylic acids is 2. The van der Waals surface area contributed by atoms with Crippen LogP contribution in [0.1, 0.15) is 27.6 Å². The zero-order valence-corrected chi connectivity index (χ0v) is 18.7. The molecule has 1 aromatic heterocycles. The predicted molar refractivity (Wildman–Crippen MR) is 119 cm³/mol. The normalized spacial score (nSPS) is 11.5. The van der Waals surface area contributed by atoms with Crippen LogP contribution in [-0.4, -0.2) is 60.8 Å². The maximum Gasteiger partial charge on any atom is 0.257 e. The summed E-state index contributed by atoms with van der Waals surface area (Å²) in [6, 6.07) is 10.1. The van der Waals surface area contributed by atoms with Crippen molar-refractivity contribution in [3.8, 4) is 17.2 Å². The van der Waals surface area contributed by atoms with Crippen LogP contribution < -0.4 is 14.8 Å². The van der Waals surface area contributed by atoms with Crippen LogP contribution in [0.3, 0.4) is 0 Å². The summed E-state index contributed by atoms with van der Waals surface area (Å²) in [6.07, 6.45) is 1.27. The lowest BCUT2D eigenvalue weighted by atomic mass is 10.1. The van der Waals surface area contributed by atoms with Gasteiger partial charge in [0.25, 0.3) is 11.8 Å². The first kappa shape index (κ1) is 23.7. The number of anilines is 1. The number of rotatable bonds is 9. The second kappa shape index (κ2) is 10.6. The SMILES string of the molecule is COC[C@H](C)Oc1cc(Oc2ccc(C(=O)N(C)C)cc2F)cc(C(=O)Nc2cc[nH]n2)c1. The average Bonchev–Trinajstić information content (AvgIpc) is 3.27. The summed E-state index contributed by atoms with van der Waals surface area (Å²) in [5, 5.41) is 9.15. The number of amides is 2. The minimum absolute atomic E-state index is 0.106. The lowest BCUT2D eigenvalue weighted by molar-refractivity contribution is 0.0826. The maximum absolute atomic E-state index is 14.6. The Morgan fingerprint density at radius 3 is 2.52 bits per heavy atom. The Bertz CT molecular complexity index is 1120. The lowest BCUT2D eigenvalue weighted by Crippen LogP contribution is -2.21. The Morgan fingerprint density at radius 1 is 1.12 bits per heavy atom. The van der Waals surface area contributed by atoms with Crippen LogP contribution in [0.4, 0.5) is 10.2 Å². The first-order valence-electron chi connectivity index (χ1n) is 10.1. The highest BCUT2D eigenvalue weighted by Crippen LogP contribution is 2.30. The van der Waals surface area contributed by atoms with Crippen LogP contribution in [0.25, 0.3) is 0 Å². The summed E-state index contributed by atoms with van der Waals surface area (Å²) in [5.41, 5.74) is 0.407. The van der Waals surface area contributed by atoms with Crippen LogP contribution in [-0.2, 0) is 4.74 Å². The largest absolute Gasteiger partial charge is 0.488 e. The highest BCUT2D eigenvalue weighted by atomic mass is 19.1. The van der Waals surface area contributed by atoms with E-state index in [4.69, 9.17) is 14.2 Å². The van der Waals surface area contributed by atoms with Crippen molar-refractivity contribution in [2.45, 2.75) is 13.0 Å². The Morgan fingerprint density at radius 2 is 1.88 bits per heavy atom. The quantitative estimate of drug-likeness (QED) is 0.509. The van der Waals surface area contributed by atoms with E-state index in [0.717, 1.165) is 6.07 Å². The second-order valence-electron chi connectivity index (χ2n) is 7.44. The van der Waals surface area contributed by atoms with E-state index in [-0.39, 0.29) is 34.6 Å². The standard InChI is InChI=1S/C23H25FN4O5/c1-14(13-31-4)32-17-9-16(22(29)26-21-7-8-25-27-21)10-18(12-17)33-20-6-5-15(11-19(20)24)23(30)28(2)3/h5-12,14H,13H2,1-4H3,(H2,25,26,27,29)/t14-/m0/s1. The Balaban J connectivity index is 1.89. The molecule has 0 radical (unpaired) electrons. The van der Waals surface area contributed by atoms with Crippen LogP contribution in [0.5, 0.6) is 17.2 Å². The zero-order chi connectivity index (χ0) is 24.0. The first-order chi connectivity index (χ1) is 15.8. The molecule has 1 heterocycles. The molecule has 9 nitrogen and oxygen atoms in total. The molecule has 0 saturated carbocycles. The molecule has 0 aliphatic carbocycles. The third kappa shape index (κ3) is 6.30. The van der Waals surface area contributed by atoms with Crippen LogP contribution >= 0.6 is 0 Å². The molecule has 0 bridgehead atoms. The van der Waals surface area contributed by atoms with Gasteiger partial charge < -0.3 is 24.4 Å². The number of aromatic nitrogens is 2. The van der Waals surface area contributed by atoms with Crippen LogP contribution in [0.2, 0.25) is 0 Å². The third-order valence-corrected chi connectivity index (χ3v) is 4.44. The van der Waals surface area contributed by atoms with E-state index in [1.54, 1.807) is 40.4 Å². The number of halogens is 1. The van der Waals surface area contributed by atoms with Crippen molar-refractivity contribution in [2.75, 3.05) is 33.1 Å². The van der Waals surface area contributed by atoms with Gasteiger partial charge >= 0.3 is 0 Å². The van der Waals surface area contributed by atoms with Gasteiger partial charge in [-0.3, -0.25) is 14.7 Å². The molecule has 0 aliphatic heterocycles. The van der Waals surface area contributed by atoms with Crippen molar-refractivity contribution >= 4 is 17.6 Å². The lowest BCUT2D eigenvalue weighted by Gasteiger charge is -2.16. The number of methoxy groups -OCH3 is 1. The minimum Gasteiger partial charge on any atom is -0.488 e. The smallest absolute Gasteiger partial charge is 0.257 e. The number of aromatic amines is 1. The monoisotopic (exact) mass is 456 g/mol. The minimum atomic E-state index is -0.718. The summed E-state index contributed by atoms with van der Waals surface area (Å²) in [4.78, 5) is 26.1. The van der Waals surface area contributed by atoms with Crippen molar-refractivity contribution in [3.05, 3.63) is 65.6 Å². The number of ether oxygens (including phenoxy) is 3. The fraction of sp³-hybridized carbons (Fsp3) is 0.261. The van der Waals surface area contributed by atoms with E-state index in [1.165, 1.54) is 35.2 Å². The van der Waals surface area contributed by atoms with Crippen molar-refractivity contribution < 1.29 is 28.2 Å². The molecule has 0 saturated heterocycles. The molecular formula is C23H25FN4O5. The molecule has 3 aromatic rings. The summed E-state index contributed by atoms with van der Waals surface area (Å²) in [5.74, 6) is -0.757. The molecule has 2 N–H and O–H groups in total. The van der Waals surface area contributed by atoms with Crippen LogP contribution in [0, 0.1) is 5.82 Å². The fourth-order valence-corrected chi connectivity index (χ4v) is 2.95. The second-order valence-corrected chi connectivity index (χ2v) is 7.44. The summed E-state index contributed by atoms with van der Waals surface area (Å²) in [7, 11) is 4.71. The summed E-state index contributed by atoms with van der Waals surface area (Å²) < 4.78 is 31.2. The molecule has 0 spiro atoms. The first-order valence-corrected chi connectivity index (χ1v) is 10.1. The highest BCUT2D eigenvalue weighted by Gasteiger charge is 2.16. The number of benzene rings is 2. The predicted octanol–water partition coefficient (Wildman–Crippen LogP) is 3.71. The van der Waals surface area contributed by atoms with Gasteiger partial charge in [0.05, 0.1) is 6.61 Å². The molecule has 174 valence electrons. The van der Waals surface area contributed by atoms with E-state index in [2.05, 4.69) is 15.5 Å². The van der Waals surface area contributed by atoms with Gasteiger partial charge in [0.1, 0.15) is 17.6 Å². The van der Waals surface area contributed by atoms with Gasteiger partial charge in [0.2, 0.25) is 0 Å². The van der Waals surface area contributed by atoms with E-state index in [0.29, 0.717) is 18.2 Å². The van der Waals surface area contributed by atoms with E-state index in [9.17, 15) is 14.0 Å². The highest BCUT2D eigenvalue weighted by molar-refractivity contribution is 6.04. The van der Waals surface area contributed by atoms with Gasteiger partial charge in [-0.2, -0.15) is 5.10 Å². The molecule has 1 atom stereocenters. The summed E-state index contributed by atoms with van der Waals surface area (Å²) in [6.45, 7) is 2.14. The van der Waals surface area contributed by atoms with Crippen LogP contribution in [0.15, 0.2) is 48.7 Å². The van der Waals surface area contributed by atoms with Crippen molar-refractivity contribution in [3.63, 3.8) is 0 Å². The number of hydrogen-bond donors (Lipinski definition) is 2. The third-order valence-electron chi connectivity index (χ3n) is 4.44. The molecule has 2 amide bonds. The van der Waals surface area contributed by atoms with Gasteiger partial charge in [-0.25, -0.2) is 4.39 Å². The van der Waals surface area contributed by atoms with Gasteiger partial charge in [-0.15, -0.1) is 0 Å². The summed E-state index contributed by atoms with van der Waals surface area (Å²) >= 11 is 0. The van der Waals surface area contributed by atoms with Crippen molar-refractivity contribution in [1.29, 1.82) is 0 Å². The molecule has 0 fully saturated rings.